The van der Waals surface area contributed by atoms with E-state index in [-0.39, 0.29) is 12.4 Å². The molecule has 0 bridgehead atoms. The fraction of sp³-hybridized carbons (Fsp3) is 0.294. The molecule has 0 heterocycles. The highest BCUT2D eigenvalue weighted by molar-refractivity contribution is 5.85. The van der Waals surface area contributed by atoms with Crippen LogP contribution in [-0.4, -0.2) is 0 Å². The molecule has 2 aromatic carbocycles. The standard InChI is InChI=1S/C17H21N.ClH/c1-4-14-6-5-7-15(10-14)16-8-12(2)17(11-18)13(3)9-16;/h5-10H,4,11,18H2,1-3H3;1H. The van der Waals surface area contributed by atoms with Crippen LogP contribution in [-0.2, 0) is 13.0 Å². The van der Waals surface area contributed by atoms with Crippen LogP contribution in [0.15, 0.2) is 36.4 Å². The second-order valence-electron chi connectivity index (χ2n) is 4.85. The van der Waals surface area contributed by atoms with E-state index in [4.69, 9.17) is 5.73 Å². The van der Waals surface area contributed by atoms with Crippen LogP contribution in [0.2, 0.25) is 0 Å². The third-order valence-electron chi connectivity index (χ3n) is 3.57. The highest BCUT2D eigenvalue weighted by atomic mass is 35.5. The summed E-state index contributed by atoms with van der Waals surface area (Å²) in [5.41, 5.74) is 13.6. The molecule has 2 heteroatoms. The Bertz CT molecular complexity index is 538. The Kier molecular flexibility index (Phi) is 5.59. The molecule has 0 aromatic heterocycles. The Labute approximate surface area is 122 Å². The molecule has 0 saturated carbocycles. The van der Waals surface area contributed by atoms with Crippen molar-refractivity contribution in [3.8, 4) is 11.1 Å². The van der Waals surface area contributed by atoms with Crippen LogP contribution >= 0.6 is 12.4 Å². The Hall–Kier alpha value is -1.31. The summed E-state index contributed by atoms with van der Waals surface area (Å²) in [5, 5.41) is 0. The molecule has 0 fully saturated rings. The van der Waals surface area contributed by atoms with Crippen molar-refractivity contribution in [1.82, 2.24) is 0 Å². The van der Waals surface area contributed by atoms with E-state index in [0.717, 1.165) is 6.42 Å². The molecule has 0 amide bonds. The van der Waals surface area contributed by atoms with E-state index >= 15 is 0 Å². The predicted molar refractivity (Wildman–Crippen MR) is 85.9 cm³/mol. The van der Waals surface area contributed by atoms with Crippen molar-refractivity contribution in [1.29, 1.82) is 0 Å². The maximum Gasteiger partial charge on any atom is 0.0183 e. The number of aryl methyl sites for hydroxylation is 3. The molecule has 102 valence electrons. The van der Waals surface area contributed by atoms with Gasteiger partial charge in [-0.05, 0) is 53.6 Å². The molecule has 0 aliphatic rings. The van der Waals surface area contributed by atoms with Crippen LogP contribution in [0.25, 0.3) is 11.1 Å². The quantitative estimate of drug-likeness (QED) is 0.882. The van der Waals surface area contributed by atoms with Crippen LogP contribution in [0.5, 0.6) is 0 Å². The molecule has 2 N–H and O–H groups in total. The fourth-order valence-electron chi connectivity index (χ4n) is 2.45. The van der Waals surface area contributed by atoms with Gasteiger partial charge in [0.2, 0.25) is 0 Å². The third-order valence-corrected chi connectivity index (χ3v) is 3.57. The molecule has 0 radical (unpaired) electrons. The summed E-state index contributed by atoms with van der Waals surface area (Å²) in [4.78, 5) is 0. The second kappa shape index (κ2) is 6.74. The zero-order chi connectivity index (χ0) is 13.1. The minimum Gasteiger partial charge on any atom is -0.326 e. The third kappa shape index (κ3) is 3.37. The van der Waals surface area contributed by atoms with Crippen LogP contribution in [0.3, 0.4) is 0 Å². The topological polar surface area (TPSA) is 26.0 Å². The van der Waals surface area contributed by atoms with Crippen molar-refractivity contribution < 1.29 is 0 Å². The van der Waals surface area contributed by atoms with Gasteiger partial charge in [-0.25, -0.2) is 0 Å². The molecule has 0 spiro atoms. The van der Waals surface area contributed by atoms with Crippen molar-refractivity contribution >= 4 is 12.4 Å². The number of hydrogen-bond donors (Lipinski definition) is 1. The predicted octanol–water partition coefficient (Wildman–Crippen LogP) is 4.41. The molecule has 0 unspecified atom stereocenters. The summed E-state index contributed by atoms with van der Waals surface area (Å²) in [5.74, 6) is 0. The first-order chi connectivity index (χ1) is 8.65. The first-order valence-corrected chi connectivity index (χ1v) is 6.55. The van der Waals surface area contributed by atoms with E-state index in [1.165, 1.54) is 33.4 Å². The summed E-state index contributed by atoms with van der Waals surface area (Å²) in [6.45, 7) is 7.09. The normalized spacial score (nSPS) is 10.1. The SMILES string of the molecule is CCc1cccc(-c2cc(C)c(CN)c(C)c2)c1.Cl. The fourth-order valence-corrected chi connectivity index (χ4v) is 2.45. The lowest BCUT2D eigenvalue weighted by Gasteiger charge is -2.12. The van der Waals surface area contributed by atoms with Gasteiger partial charge in [-0.3, -0.25) is 0 Å². The van der Waals surface area contributed by atoms with Crippen molar-refractivity contribution in [3.05, 3.63) is 58.7 Å². The van der Waals surface area contributed by atoms with E-state index in [2.05, 4.69) is 57.2 Å². The van der Waals surface area contributed by atoms with Gasteiger partial charge >= 0.3 is 0 Å². The van der Waals surface area contributed by atoms with Crippen molar-refractivity contribution in [3.63, 3.8) is 0 Å². The van der Waals surface area contributed by atoms with E-state index < -0.39 is 0 Å². The highest BCUT2D eigenvalue weighted by Crippen LogP contribution is 2.26. The van der Waals surface area contributed by atoms with Gasteiger partial charge in [0.05, 0.1) is 0 Å². The minimum atomic E-state index is 0. The van der Waals surface area contributed by atoms with Crippen molar-refractivity contribution in [2.75, 3.05) is 0 Å². The Morgan fingerprint density at radius 3 is 2.11 bits per heavy atom. The highest BCUT2D eigenvalue weighted by Gasteiger charge is 2.05. The average Bonchev–Trinajstić information content (AvgIpc) is 2.38. The molecule has 0 aliphatic heterocycles. The Balaban J connectivity index is 0.00000180. The van der Waals surface area contributed by atoms with Gasteiger partial charge < -0.3 is 5.73 Å². The van der Waals surface area contributed by atoms with Gasteiger partial charge in [0.25, 0.3) is 0 Å². The number of benzene rings is 2. The van der Waals surface area contributed by atoms with Gasteiger partial charge in [-0.1, -0.05) is 43.3 Å². The maximum atomic E-state index is 5.79. The molecule has 2 rings (SSSR count). The summed E-state index contributed by atoms with van der Waals surface area (Å²) in [6, 6.07) is 13.2. The van der Waals surface area contributed by atoms with E-state index in [0.29, 0.717) is 6.54 Å². The minimum absolute atomic E-state index is 0. The summed E-state index contributed by atoms with van der Waals surface area (Å²) >= 11 is 0. The Morgan fingerprint density at radius 2 is 1.58 bits per heavy atom. The largest absolute Gasteiger partial charge is 0.326 e. The monoisotopic (exact) mass is 275 g/mol. The summed E-state index contributed by atoms with van der Waals surface area (Å²) in [6.07, 6.45) is 1.08. The molecule has 1 nitrogen and oxygen atoms in total. The van der Waals surface area contributed by atoms with Crippen LogP contribution < -0.4 is 5.73 Å². The molecule has 0 saturated heterocycles. The number of hydrogen-bond acceptors (Lipinski definition) is 1. The number of halogens is 1. The maximum absolute atomic E-state index is 5.79. The molecule has 2 aromatic rings. The van der Waals surface area contributed by atoms with E-state index in [1.807, 2.05) is 0 Å². The second-order valence-corrected chi connectivity index (χ2v) is 4.85. The molecular weight excluding hydrogens is 254 g/mol. The van der Waals surface area contributed by atoms with E-state index in [1.54, 1.807) is 0 Å². The van der Waals surface area contributed by atoms with Gasteiger partial charge in [0.15, 0.2) is 0 Å². The van der Waals surface area contributed by atoms with Gasteiger partial charge in [-0.15, -0.1) is 12.4 Å². The first kappa shape index (κ1) is 15.7. The smallest absolute Gasteiger partial charge is 0.0183 e. The first-order valence-electron chi connectivity index (χ1n) is 6.55. The number of rotatable bonds is 3. The lowest BCUT2D eigenvalue weighted by Crippen LogP contribution is -2.02. The molecule has 19 heavy (non-hydrogen) atoms. The zero-order valence-electron chi connectivity index (χ0n) is 11.9. The van der Waals surface area contributed by atoms with Crippen LogP contribution in [0, 0.1) is 13.8 Å². The lowest BCUT2D eigenvalue weighted by atomic mass is 9.94. The molecule has 0 atom stereocenters. The van der Waals surface area contributed by atoms with Crippen molar-refractivity contribution in [2.45, 2.75) is 33.7 Å². The summed E-state index contributed by atoms with van der Waals surface area (Å²) in [7, 11) is 0. The molecule has 0 aliphatic carbocycles. The van der Waals surface area contributed by atoms with Crippen LogP contribution in [0.4, 0.5) is 0 Å². The number of nitrogens with two attached hydrogens (primary N) is 1. The van der Waals surface area contributed by atoms with Crippen LogP contribution in [0.1, 0.15) is 29.2 Å². The lowest BCUT2D eigenvalue weighted by molar-refractivity contribution is 1.03. The van der Waals surface area contributed by atoms with E-state index in [9.17, 15) is 0 Å². The van der Waals surface area contributed by atoms with Gasteiger partial charge in [0, 0.05) is 6.54 Å². The van der Waals surface area contributed by atoms with Crippen molar-refractivity contribution in [2.24, 2.45) is 5.73 Å². The average molecular weight is 276 g/mol. The Morgan fingerprint density at radius 1 is 0.947 bits per heavy atom. The molecular formula is C17H22ClN. The summed E-state index contributed by atoms with van der Waals surface area (Å²) < 4.78 is 0. The van der Waals surface area contributed by atoms with Gasteiger partial charge in [0.1, 0.15) is 0 Å². The van der Waals surface area contributed by atoms with Gasteiger partial charge in [-0.2, -0.15) is 0 Å². The zero-order valence-corrected chi connectivity index (χ0v) is 12.7.